The SMILES string of the molecule is N#Cc1ccccc1S(=O)(=O)N[C@@H]1CNC[C@@H](C(=O)NCC(c2ccccc2)c2ccccc2)C1. The molecule has 1 aliphatic rings. The summed E-state index contributed by atoms with van der Waals surface area (Å²) < 4.78 is 28.5. The van der Waals surface area contributed by atoms with Crippen LogP contribution in [0.4, 0.5) is 0 Å². The van der Waals surface area contributed by atoms with Crippen molar-refractivity contribution in [3.8, 4) is 6.07 Å². The van der Waals surface area contributed by atoms with Crippen molar-refractivity contribution in [2.75, 3.05) is 19.6 Å². The van der Waals surface area contributed by atoms with Gasteiger partial charge in [-0.1, -0.05) is 72.8 Å². The third kappa shape index (κ3) is 6.14. The molecule has 0 aromatic heterocycles. The van der Waals surface area contributed by atoms with E-state index in [9.17, 15) is 18.5 Å². The average molecular weight is 489 g/mol. The summed E-state index contributed by atoms with van der Waals surface area (Å²) in [4.78, 5) is 13.0. The fraction of sp³-hybridized carbons (Fsp3) is 0.259. The van der Waals surface area contributed by atoms with Crippen molar-refractivity contribution in [2.45, 2.75) is 23.3 Å². The van der Waals surface area contributed by atoms with Gasteiger partial charge >= 0.3 is 0 Å². The molecule has 35 heavy (non-hydrogen) atoms. The standard InChI is InChI=1S/C27H28N4O3S/c28-16-22-13-7-8-14-26(22)35(33,34)31-24-15-23(17-29-18-24)27(32)30-19-25(20-9-3-1-4-10-20)21-11-5-2-6-12-21/h1-14,23-25,29,31H,15,17-19H2,(H,30,32)/t23-,24-/m0/s1. The first kappa shape index (κ1) is 24.6. The molecule has 1 heterocycles. The zero-order valence-electron chi connectivity index (χ0n) is 19.2. The average Bonchev–Trinajstić information content (AvgIpc) is 2.90. The monoisotopic (exact) mass is 488 g/mol. The third-order valence-electron chi connectivity index (χ3n) is 6.22. The second-order valence-corrected chi connectivity index (χ2v) is 10.3. The summed E-state index contributed by atoms with van der Waals surface area (Å²) in [5.41, 5.74) is 2.32. The highest BCUT2D eigenvalue weighted by Gasteiger charge is 2.31. The normalized spacial score (nSPS) is 18.1. The van der Waals surface area contributed by atoms with Crippen LogP contribution in [-0.4, -0.2) is 40.0 Å². The molecule has 1 aliphatic heterocycles. The fourth-order valence-corrected chi connectivity index (χ4v) is 5.86. The number of nitrogens with one attached hydrogen (secondary N) is 3. The van der Waals surface area contributed by atoms with Crippen molar-refractivity contribution in [1.29, 1.82) is 5.26 Å². The summed E-state index contributed by atoms with van der Waals surface area (Å²) in [6.07, 6.45) is 0.369. The molecule has 3 aromatic rings. The van der Waals surface area contributed by atoms with Crippen LogP contribution in [0.3, 0.4) is 0 Å². The zero-order chi connectivity index (χ0) is 24.7. The lowest BCUT2D eigenvalue weighted by Gasteiger charge is -2.30. The van der Waals surface area contributed by atoms with Crippen LogP contribution in [0.25, 0.3) is 0 Å². The van der Waals surface area contributed by atoms with Crippen LogP contribution >= 0.6 is 0 Å². The Labute approximate surface area is 206 Å². The summed E-state index contributed by atoms with van der Waals surface area (Å²) in [6, 6.07) is 27.6. The Kier molecular flexibility index (Phi) is 7.93. The molecule has 1 saturated heterocycles. The van der Waals surface area contributed by atoms with Gasteiger partial charge in [0.05, 0.1) is 16.4 Å². The van der Waals surface area contributed by atoms with Crippen LogP contribution in [0, 0.1) is 17.2 Å². The van der Waals surface area contributed by atoms with Crippen molar-refractivity contribution < 1.29 is 13.2 Å². The minimum Gasteiger partial charge on any atom is -0.355 e. The molecule has 0 bridgehead atoms. The summed E-state index contributed by atoms with van der Waals surface area (Å²) in [5.74, 6) is -0.486. The number of sulfonamides is 1. The van der Waals surface area contributed by atoms with Gasteiger partial charge < -0.3 is 10.6 Å². The number of hydrogen-bond acceptors (Lipinski definition) is 5. The van der Waals surface area contributed by atoms with Crippen molar-refractivity contribution >= 4 is 15.9 Å². The highest BCUT2D eigenvalue weighted by atomic mass is 32.2. The third-order valence-corrected chi connectivity index (χ3v) is 7.80. The van der Waals surface area contributed by atoms with Crippen LogP contribution in [0.5, 0.6) is 0 Å². The van der Waals surface area contributed by atoms with Crippen molar-refractivity contribution in [3.05, 3.63) is 102 Å². The topological polar surface area (TPSA) is 111 Å². The van der Waals surface area contributed by atoms with Crippen molar-refractivity contribution in [2.24, 2.45) is 5.92 Å². The molecule has 0 aliphatic carbocycles. The molecule has 0 spiro atoms. The molecule has 3 aromatic carbocycles. The predicted molar refractivity (Wildman–Crippen MR) is 134 cm³/mol. The largest absolute Gasteiger partial charge is 0.355 e. The highest BCUT2D eigenvalue weighted by Crippen LogP contribution is 2.24. The number of amides is 1. The van der Waals surface area contributed by atoms with E-state index in [-0.39, 0.29) is 28.2 Å². The molecule has 7 nitrogen and oxygen atoms in total. The number of carbonyl (C=O) groups is 1. The molecule has 180 valence electrons. The maximum absolute atomic E-state index is 13.1. The molecule has 2 atom stereocenters. The number of hydrogen-bond donors (Lipinski definition) is 3. The second-order valence-electron chi connectivity index (χ2n) is 8.64. The van der Waals surface area contributed by atoms with Crippen LogP contribution in [0.1, 0.15) is 29.0 Å². The van der Waals surface area contributed by atoms with E-state index in [1.165, 1.54) is 12.1 Å². The van der Waals surface area contributed by atoms with E-state index in [0.717, 1.165) is 11.1 Å². The summed E-state index contributed by atoms with van der Waals surface area (Å²) in [6.45, 7) is 1.32. The Bertz CT molecular complexity index is 1250. The predicted octanol–water partition coefficient (Wildman–Crippen LogP) is 2.76. The minimum absolute atomic E-state index is 0.00897. The van der Waals surface area contributed by atoms with Crippen LogP contribution in [0.2, 0.25) is 0 Å². The first-order valence-electron chi connectivity index (χ1n) is 11.6. The first-order chi connectivity index (χ1) is 17.0. The smallest absolute Gasteiger partial charge is 0.242 e. The van der Waals surface area contributed by atoms with E-state index >= 15 is 0 Å². The summed E-state index contributed by atoms with van der Waals surface area (Å²) in [7, 11) is -3.89. The Hall–Kier alpha value is -3.51. The lowest BCUT2D eigenvalue weighted by molar-refractivity contribution is -0.125. The lowest BCUT2D eigenvalue weighted by Crippen LogP contribution is -2.52. The molecule has 3 N–H and O–H groups in total. The van der Waals surface area contributed by atoms with E-state index < -0.39 is 16.1 Å². The molecule has 0 radical (unpaired) electrons. The number of nitriles is 1. The van der Waals surface area contributed by atoms with E-state index in [0.29, 0.717) is 26.1 Å². The Morgan fingerprint density at radius 1 is 0.943 bits per heavy atom. The molecular weight excluding hydrogens is 460 g/mol. The van der Waals surface area contributed by atoms with Crippen LogP contribution in [-0.2, 0) is 14.8 Å². The molecular formula is C27H28N4O3S. The van der Waals surface area contributed by atoms with Gasteiger partial charge in [-0.15, -0.1) is 0 Å². The maximum atomic E-state index is 13.1. The van der Waals surface area contributed by atoms with Gasteiger partial charge in [0.2, 0.25) is 15.9 Å². The maximum Gasteiger partial charge on any atom is 0.242 e. The zero-order valence-corrected chi connectivity index (χ0v) is 20.0. The van der Waals surface area contributed by atoms with Gasteiger partial charge in [-0.05, 0) is 29.7 Å². The van der Waals surface area contributed by atoms with Gasteiger partial charge in [-0.3, -0.25) is 4.79 Å². The van der Waals surface area contributed by atoms with Crippen LogP contribution < -0.4 is 15.4 Å². The Morgan fingerprint density at radius 3 is 2.17 bits per heavy atom. The van der Waals surface area contributed by atoms with Gasteiger partial charge in [0.1, 0.15) is 6.07 Å². The second kappa shape index (κ2) is 11.3. The number of piperidine rings is 1. The van der Waals surface area contributed by atoms with Gasteiger partial charge in [-0.2, -0.15) is 5.26 Å². The highest BCUT2D eigenvalue weighted by molar-refractivity contribution is 7.89. The fourth-order valence-electron chi connectivity index (χ4n) is 4.45. The van der Waals surface area contributed by atoms with Crippen LogP contribution in [0.15, 0.2) is 89.8 Å². The molecule has 0 unspecified atom stereocenters. The van der Waals surface area contributed by atoms with E-state index in [1.54, 1.807) is 12.1 Å². The van der Waals surface area contributed by atoms with E-state index in [4.69, 9.17) is 0 Å². The Balaban J connectivity index is 1.41. The minimum atomic E-state index is -3.89. The molecule has 1 amide bonds. The quantitative estimate of drug-likeness (QED) is 0.452. The first-order valence-corrected chi connectivity index (χ1v) is 13.1. The number of benzene rings is 3. The van der Waals surface area contributed by atoms with Gasteiger partial charge in [0, 0.05) is 31.6 Å². The number of carbonyl (C=O) groups excluding carboxylic acids is 1. The van der Waals surface area contributed by atoms with E-state index in [2.05, 4.69) is 39.6 Å². The lowest BCUT2D eigenvalue weighted by atomic mass is 9.90. The molecule has 1 fully saturated rings. The van der Waals surface area contributed by atoms with Gasteiger partial charge in [-0.25, -0.2) is 13.1 Å². The van der Waals surface area contributed by atoms with E-state index in [1.807, 2.05) is 42.5 Å². The summed E-state index contributed by atoms with van der Waals surface area (Å²) in [5, 5.41) is 15.5. The molecule has 8 heteroatoms. The molecule has 4 rings (SSSR count). The molecule has 0 saturated carbocycles. The van der Waals surface area contributed by atoms with Crippen molar-refractivity contribution in [3.63, 3.8) is 0 Å². The summed E-state index contributed by atoms with van der Waals surface area (Å²) >= 11 is 0. The van der Waals surface area contributed by atoms with Gasteiger partial charge in [0.15, 0.2) is 0 Å². The number of rotatable bonds is 8. The Morgan fingerprint density at radius 2 is 1.54 bits per heavy atom. The number of nitrogens with zero attached hydrogens (tertiary/aromatic N) is 1. The van der Waals surface area contributed by atoms with Gasteiger partial charge in [0.25, 0.3) is 0 Å². The van der Waals surface area contributed by atoms with Crippen molar-refractivity contribution in [1.82, 2.24) is 15.4 Å².